The summed E-state index contributed by atoms with van der Waals surface area (Å²) in [5.74, 6) is 0.821. The lowest BCUT2D eigenvalue weighted by atomic mass is 10.0. The van der Waals surface area contributed by atoms with E-state index in [-0.39, 0.29) is 4.90 Å². The number of hydrogen-bond acceptors (Lipinski definition) is 5. The Hall–Kier alpha value is -3.19. The highest BCUT2D eigenvalue weighted by molar-refractivity contribution is 7.90. The third kappa shape index (κ3) is 3.36. The molecular weight excluding hydrogens is 374 g/mol. The molecule has 0 aliphatic rings. The van der Waals surface area contributed by atoms with Gasteiger partial charge in [-0.2, -0.15) is 14.8 Å². The molecule has 0 spiro atoms. The molecule has 0 aliphatic heterocycles. The van der Waals surface area contributed by atoms with Crippen molar-refractivity contribution in [3.63, 3.8) is 0 Å². The molecule has 4 aromatic rings. The largest absolute Gasteiger partial charge is 0.494 e. The van der Waals surface area contributed by atoms with Crippen LogP contribution in [-0.4, -0.2) is 36.1 Å². The number of rotatable bonds is 5. The molecule has 6 nitrogen and oxygen atoms in total. The minimum Gasteiger partial charge on any atom is -0.494 e. The molecule has 0 saturated carbocycles. The molecule has 0 N–H and O–H groups in total. The number of fused-ring (bicyclic) bond motifs is 1. The van der Waals surface area contributed by atoms with E-state index in [0.717, 1.165) is 33.5 Å². The average molecular weight is 393 g/mol. The number of hydrogen-bond donors (Lipinski definition) is 0. The zero-order valence-corrected chi connectivity index (χ0v) is 16.3. The number of sulfone groups is 1. The fraction of sp³-hybridized carbons (Fsp3) is 0.143. The molecule has 4 rings (SSSR count). The van der Waals surface area contributed by atoms with Crippen LogP contribution in [0.3, 0.4) is 0 Å². The molecule has 0 unspecified atom stereocenters. The quantitative estimate of drug-likeness (QED) is 0.515. The minimum absolute atomic E-state index is 0.289. The molecule has 2 heterocycles. The first-order valence-electron chi connectivity index (χ1n) is 8.84. The van der Waals surface area contributed by atoms with Crippen molar-refractivity contribution in [1.82, 2.24) is 14.8 Å². The number of benzene rings is 2. The van der Waals surface area contributed by atoms with Crippen molar-refractivity contribution in [3.05, 3.63) is 67.0 Å². The predicted molar refractivity (Wildman–Crippen MR) is 108 cm³/mol. The third-order valence-electron chi connectivity index (χ3n) is 4.49. The van der Waals surface area contributed by atoms with E-state index in [2.05, 4.69) is 10.2 Å². The monoisotopic (exact) mass is 393 g/mol. The SMILES string of the molecule is CCOc1ccc(-c2ccnn3ncc(-c4ccc(S(C)(=O)=O)cc4)c23)cc1. The fourth-order valence-corrected chi connectivity index (χ4v) is 3.78. The number of ether oxygens (including phenoxy) is 1. The van der Waals surface area contributed by atoms with Gasteiger partial charge in [0, 0.05) is 17.4 Å². The van der Waals surface area contributed by atoms with E-state index in [4.69, 9.17) is 4.74 Å². The van der Waals surface area contributed by atoms with Crippen LogP contribution in [0.5, 0.6) is 5.75 Å². The van der Waals surface area contributed by atoms with Crippen LogP contribution in [0.2, 0.25) is 0 Å². The Bertz CT molecular complexity index is 1230. The molecule has 142 valence electrons. The van der Waals surface area contributed by atoms with Crippen molar-refractivity contribution < 1.29 is 13.2 Å². The number of aromatic nitrogens is 3. The molecule has 0 bridgehead atoms. The summed E-state index contributed by atoms with van der Waals surface area (Å²) < 4.78 is 30.5. The lowest BCUT2D eigenvalue weighted by Crippen LogP contribution is -1.97. The van der Waals surface area contributed by atoms with Crippen LogP contribution in [0, 0.1) is 0 Å². The second kappa shape index (κ2) is 7.09. The maximum Gasteiger partial charge on any atom is 0.175 e. The van der Waals surface area contributed by atoms with Crippen molar-refractivity contribution >= 4 is 15.4 Å². The maximum absolute atomic E-state index is 11.7. The Morgan fingerprint density at radius 3 is 2.18 bits per heavy atom. The van der Waals surface area contributed by atoms with Gasteiger partial charge in [0.1, 0.15) is 11.3 Å². The highest BCUT2D eigenvalue weighted by atomic mass is 32.2. The van der Waals surface area contributed by atoms with Crippen LogP contribution in [-0.2, 0) is 9.84 Å². The van der Waals surface area contributed by atoms with Crippen LogP contribution in [0.25, 0.3) is 27.8 Å². The first kappa shape index (κ1) is 18.2. The molecule has 0 aliphatic carbocycles. The summed E-state index contributed by atoms with van der Waals surface area (Å²) in [4.78, 5) is 0.289. The van der Waals surface area contributed by atoms with E-state index in [9.17, 15) is 8.42 Å². The lowest BCUT2D eigenvalue weighted by Gasteiger charge is -2.08. The van der Waals surface area contributed by atoms with E-state index in [1.807, 2.05) is 37.3 Å². The highest BCUT2D eigenvalue weighted by Crippen LogP contribution is 2.33. The molecule has 0 saturated heterocycles. The molecule has 2 aromatic heterocycles. The summed E-state index contributed by atoms with van der Waals surface area (Å²) in [5.41, 5.74) is 4.63. The van der Waals surface area contributed by atoms with Gasteiger partial charge in [0.15, 0.2) is 9.84 Å². The molecule has 28 heavy (non-hydrogen) atoms. The van der Waals surface area contributed by atoms with Crippen LogP contribution in [0.1, 0.15) is 6.92 Å². The Morgan fingerprint density at radius 2 is 1.54 bits per heavy atom. The normalized spacial score (nSPS) is 11.6. The number of nitrogens with zero attached hydrogens (tertiary/aromatic N) is 3. The summed E-state index contributed by atoms with van der Waals surface area (Å²) in [6, 6.07) is 16.6. The Kier molecular flexibility index (Phi) is 4.60. The van der Waals surface area contributed by atoms with Gasteiger partial charge in [-0.3, -0.25) is 0 Å². The lowest BCUT2D eigenvalue weighted by molar-refractivity contribution is 0.340. The molecule has 0 amide bonds. The average Bonchev–Trinajstić information content (AvgIpc) is 3.13. The fourth-order valence-electron chi connectivity index (χ4n) is 3.15. The molecule has 7 heteroatoms. The Balaban J connectivity index is 1.83. The van der Waals surface area contributed by atoms with Gasteiger partial charge in [0.05, 0.1) is 23.9 Å². The van der Waals surface area contributed by atoms with Crippen LogP contribution >= 0.6 is 0 Å². The van der Waals surface area contributed by atoms with Gasteiger partial charge in [-0.15, -0.1) is 0 Å². The summed E-state index contributed by atoms with van der Waals surface area (Å²) in [6.45, 7) is 2.57. The van der Waals surface area contributed by atoms with Crippen molar-refractivity contribution in [2.45, 2.75) is 11.8 Å². The van der Waals surface area contributed by atoms with Gasteiger partial charge in [0.2, 0.25) is 0 Å². The second-order valence-corrected chi connectivity index (χ2v) is 8.41. The first-order chi connectivity index (χ1) is 13.5. The van der Waals surface area contributed by atoms with Gasteiger partial charge in [-0.25, -0.2) is 8.42 Å². The van der Waals surface area contributed by atoms with Gasteiger partial charge in [-0.1, -0.05) is 24.3 Å². The summed E-state index contributed by atoms with van der Waals surface area (Å²) in [5, 5.41) is 8.66. The Labute approximate surface area is 163 Å². The molecular formula is C21H19N3O3S. The van der Waals surface area contributed by atoms with E-state index in [1.165, 1.54) is 6.26 Å². The molecule has 2 aromatic carbocycles. The zero-order chi connectivity index (χ0) is 19.7. The smallest absolute Gasteiger partial charge is 0.175 e. The van der Waals surface area contributed by atoms with Gasteiger partial charge in [0.25, 0.3) is 0 Å². The molecule has 0 radical (unpaired) electrons. The maximum atomic E-state index is 11.7. The summed E-state index contributed by atoms with van der Waals surface area (Å²) in [7, 11) is -3.24. The van der Waals surface area contributed by atoms with Crippen molar-refractivity contribution in [1.29, 1.82) is 0 Å². The van der Waals surface area contributed by atoms with Crippen molar-refractivity contribution in [3.8, 4) is 28.0 Å². The van der Waals surface area contributed by atoms with Gasteiger partial charge < -0.3 is 4.74 Å². The van der Waals surface area contributed by atoms with Crippen LogP contribution < -0.4 is 4.74 Å². The van der Waals surface area contributed by atoms with Crippen molar-refractivity contribution in [2.24, 2.45) is 0 Å². The topological polar surface area (TPSA) is 73.6 Å². The third-order valence-corrected chi connectivity index (χ3v) is 5.62. The highest BCUT2D eigenvalue weighted by Gasteiger charge is 2.14. The van der Waals surface area contributed by atoms with E-state index >= 15 is 0 Å². The first-order valence-corrected chi connectivity index (χ1v) is 10.7. The van der Waals surface area contributed by atoms with Crippen LogP contribution in [0.15, 0.2) is 71.9 Å². The second-order valence-electron chi connectivity index (χ2n) is 6.40. The van der Waals surface area contributed by atoms with E-state index in [0.29, 0.717) is 6.61 Å². The summed E-state index contributed by atoms with van der Waals surface area (Å²) in [6.07, 6.45) is 4.66. The Morgan fingerprint density at radius 1 is 0.893 bits per heavy atom. The van der Waals surface area contributed by atoms with Gasteiger partial charge in [-0.05, 0) is 48.4 Å². The molecule has 0 fully saturated rings. The van der Waals surface area contributed by atoms with Crippen LogP contribution in [0.4, 0.5) is 0 Å². The van der Waals surface area contributed by atoms with Crippen molar-refractivity contribution in [2.75, 3.05) is 12.9 Å². The van der Waals surface area contributed by atoms with Gasteiger partial charge >= 0.3 is 0 Å². The zero-order valence-electron chi connectivity index (χ0n) is 15.5. The minimum atomic E-state index is -3.24. The standard InChI is InChI=1S/C21H19N3O3S/c1-3-27-17-8-4-15(5-9-17)19-12-13-22-24-21(19)20(14-23-24)16-6-10-18(11-7-16)28(2,25)26/h4-14H,3H2,1-2H3. The van der Waals surface area contributed by atoms with E-state index < -0.39 is 9.84 Å². The predicted octanol–water partition coefficient (Wildman–Crippen LogP) is 3.87. The summed E-state index contributed by atoms with van der Waals surface area (Å²) >= 11 is 0. The molecule has 0 atom stereocenters. The van der Waals surface area contributed by atoms with E-state index in [1.54, 1.807) is 41.3 Å².